The van der Waals surface area contributed by atoms with Gasteiger partial charge < -0.3 is 10.6 Å². The zero-order valence-corrected chi connectivity index (χ0v) is 12.7. The molecule has 0 aliphatic rings. The summed E-state index contributed by atoms with van der Waals surface area (Å²) in [6.45, 7) is 7.43. The van der Waals surface area contributed by atoms with Crippen molar-refractivity contribution in [1.82, 2.24) is 14.8 Å². The van der Waals surface area contributed by atoms with Gasteiger partial charge in [0.15, 0.2) is 0 Å². The molecule has 0 aliphatic carbocycles. The van der Waals surface area contributed by atoms with E-state index in [9.17, 15) is 0 Å². The number of nitrogens with zero attached hydrogens (tertiary/aromatic N) is 3. The van der Waals surface area contributed by atoms with Gasteiger partial charge in [-0.05, 0) is 45.6 Å². The monoisotopic (exact) mass is 264 g/mol. The summed E-state index contributed by atoms with van der Waals surface area (Å²) in [5.74, 6) is 0. The third-order valence-corrected chi connectivity index (χ3v) is 3.26. The first-order valence-electron chi connectivity index (χ1n) is 7.10. The largest absolute Gasteiger partial charge is 0.326 e. The lowest BCUT2D eigenvalue weighted by Gasteiger charge is -2.35. The summed E-state index contributed by atoms with van der Waals surface area (Å²) < 4.78 is 0. The van der Waals surface area contributed by atoms with Crippen LogP contribution >= 0.6 is 0 Å². The van der Waals surface area contributed by atoms with Crippen molar-refractivity contribution in [3.05, 3.63) is 30.1 Å². The van der Waals surface area contributed by atoms with Crippen molar-refractivity contribution in [2.75, 3.05) is 33.7 Å². The molecular weight excluding hydrogens is 236 g/mol. The molecule has 0 radical (unpaired) electrons. The lowest BCUT2D eigenvalue weighted by Crippen LogP contribution is -2.42. The van der Waals surface area contributed by atoms with Gasteiger partial charge in [-0.2, -0.15) is 0 Å². The lowest BCUT2D eigenvalue weighted by molar-refractivity contribution is 0.161. The fraction of sp³-hybridized carbons (Fsp3) is 0.667. The van der Waals surface area contributed by atoms with Gasteiger partial charge in [0.05, 0.1) is 6.04 Å². The number of likely N-dealkylation sites (N-methyl/N-ethyl adjacent to an activating group) is 1. The molecule has 0 fully saturated rings. The molecule has 2 unspecified atom stereocenters. The molecule has 1 rings (SSSR count). The zero-order chi connectivity index (χ0) is 14.3. The summed E-state index contributed by atoms with van der Waals surface area (Å²) in [5, 5.41) is 0. The maximum Gasteiger partial charge on any atom is 0.0512 e. The van der Waals surface area contributed by atoms with Crippen LogP contribution < -0.4 is 5.73 Å². The highest BCUT2D eigenvalue weighted by molar-refractivity contribution is 5.16. The van der Waals surface area contributed by atoms with Crippen LogP contribution in [-0.4, -0.2) is 54.6 Å². The standard InChI is InChI=1S/C15H28N4/c1-5-9-19(11-10-18(3)4)15(13(2)16)14-7-6-8-17-12-14/h6-8,12-13,15H,5,9-11,16H2,1-4H3. The van der Waals surface area contributed by atoms with Gasteiger partial charge in [-0.25, -0.2) is 0 Å². The first-order chi connectivity index (χ1) is 9.06. The summed E-state index contributed by atoms with van der Waals surface area (Å²) in [5.41, 5.74) is 7.44. The molecule has 0 saturated heterocycles. The Labute approximate surface area is 117 Å². The molecule has 2 N–H and O–H groups in total. The Kier molecular flexibility index (Phi) is 6.99. The molecule has 4 nitrogen and oxygen atoms in total. The van der Waals surface area contributed by atoms with E-state index in [-0.39, 0.29) is 12.1 Å². The molecule has 19 heavy (non-hydrogen) atoms. The Morgan fingerprint density at radius 1 is 1.26 bits per heavy atom. The van der Waals surface area contributed by atoms with E-state index in [0.717, 1.165) is 26.1 Å². The van der Waals surface area contributed by atoms with Crippen LogP contribution in [0.1, 0.15) is 31.9 Å². The van der Waals surface area contributed by atoms with Crippen molar-refractivity contribution >= 4 is 0 Å². The molecule has 108 valence electrons. The number of aromatic nitrogens is 1. The van der Waals surface area contributed by atoms with E-state index in [2.05, 4.69) is 48.8 Å². The van der Waals surface area contributed by atoms with Gasteiger partial charge in [0, 0.05) is 31.5 Å². The van der Waals surface area contributed by atoms with Crippen LogP contribution in [0.3, 0.4) is 0 Å². The fourth-order valence-corrected chi connectivity index (χ4v) is 2.40. The second-order valence-electron chi connectivity index (χ2n) is 5.43. The third-order valence-electron chi connectivity index (χ3n) is 3.26. The highest BCUT2D eigenvalue weighted by Gasteiger charge is 2.23. The summed E-state index contributed by atoms with van der Waals surface area (Å²) in [6, 6.07) is 4.45. The van der Waals surface area contributed by atoms with Crippen molar-refractivity contribution < 1.29 is 0 Å². The van der Waals surface area contributed by atoms with Crippen LogP contribution in [0.4, 0.5) is 0 Å². The second kappa shape index (κ2) is 8.25. The minimum Gasteiger partial charge on any atom is -0.326 e. The predicted molar refractivity (Wildman–Crippen MR) is 81.0 cm³/mol. The Morgan fingerprint density at radius 2 is 2.00 bits per heavy atom. The first-order valence-corrected chi connectivity index (χ1v) is 7.10. The minimum absolute atomic E-state index is 0.0953. The fourth-order valence-electron chi connectivity index (χ4n) is 2.40. The number of pyridine rings is 1. The first kappa shape index (κ1) is 16.1. The van der Waals surface area contributed by atoms with Crippen molar-refractivity contribution in [1.29, 1.82) is 0 Å². The van der Waals surface area contributed by atoms with E-state index in [1.807, 2.05) is 18.5 Å². The molecule has 0 bridgehead atoms. The van der Waals surface area contributed by atoms with Crippen LogP contribution in [0.2, 0.25) is 0 Å². The van der Waals surface area contributed by atoms with E-state index < -0.39 is 0 Å². The van der Waals surface area contributed by atoms with Crippen LogP contribution in [0, 0.1) is 0 Å². The molecule has 0 aromatic carbocycles. The van der Waals surface area contributed by atoms with Gasteiger partial charge in [-0.1, -0.05) is 13.0 Å². The van der Waals surface area contributed by atoms with E-state index in [1.54, 1.807) is 0 Å². The molecule has 2 atom stereocenters. The highest BCUT2D eigenvalue weighted by atomic mass is 15.2. The van der Waals surface area contributed by atoms with Crippen molar-refractivity contribution in [3.63, 3.8) is 0 Å². The molecular formula is C15H28N4. The maximum atomic E-state index is 6.22. The van der Waals surface area contributed by atoms with Crippen LogP contribution in [-0.2, 0) is 0 Å². The zero-order valence-electron chi connectivity index (χ0n) is 12.7. The number of nitrogens with two attached hydrogens (primary N) is 1. The van der Waals surface area contributed by atoms with E-state index >= 15 is 0 Å². The Morgan fingerprint density at radius 3 is 2.47 bits per heavy atom. The van der Waals surface area contributed by atoms with Gasteiger partial charge in [0.2, 0.25) is 0 Å². The molecule has 4 heteroatoms. The predicted octanol–water partition coefficient (Wildman–Crippen LogP) is 1.74. The molecule has 0 spiro atoms. The van der Waals surface area contributed by atoms with Gasteiger partial charge >= 0.3 is 0 Å². The minimum atomic E-state index is 0.0953. The van der Waals surface area contributed by atoms with Crippen molar-refractivity contribution in [2.24, 2.45) is 5.73 Å². The van der Waals surface area contributed by atoms with Crippen LogP contribution in [0.15, 0.2) is 24.5 Å². The summed E-state index contributed by atoms with van der Waals surface area (Å²) in [7, 11) is 4.21. The SMILES string of the molecule is CCCN(CCN(C)C)C(c1cccnc1)C(C)N. The number of hydrogen-bond donors (Lipinski definition) is 1. The topological polar surface area (TPSA) is 45.4 Å². The van der Waals surface area contributed by atoms with Gasteiger partial charge in [0.25, 0.3) is 0 Å². The van der Waals surface area contributed by atoms with Gasteiger partial charge in [0.1, 0.15) is 0 Å². The Hall–Kier alpha value is -0.970. The van der Waals surface area contributed by atoms with Crippen molar-refractivity contribution in [2.45, 2.75) is 32.4 Å². The second-order valence-corrected chi connectivity index (χ2v) is 5.43. The smallest absolute Gasteiger partial charge is 0.0512 e. The quantitative estimate of drug-likeness (QED) is 0.777. The van der Waals surface area contributed by atoms with Crippen LogP contribution in [0.5, 0.6) is 0 Å². The van der Waals surface area contributed by atoms with Gasteiger partial charge in [-0.3, -0.25) is 9.88 Å². The van der Waals surface area contributed by atoms with Crippen molar-refractivity contribution in [3.8, 4) is 0 Å². The molecule has 0 saturated carbocycles. The summed E-state index contributed by atoms with van der Waals surface area (Å²) in [4.78, 5) is 8.92. The van der Waals surface area contributed by atoms with E-state index in [0.29, 0.717) is 0 Å². The van der Waals surface area contributed by atoms with Gasteiger partial charge in [-0.15, -0.1) is 0 Å². The summed E-state index contributed by atoms with van der Waals surface area (Å²) in [6.07, 6.45) is 4.88. The molecule has 0 amide bonds. The Bertz CT molecular complexity index is 337. The van der Waals surface area contributed by atoms with Crippen LogP contribution in [0.25, 0.3) is 0 Å². The molecule has 1 aromatic rings. The molecule has 0 aliphatic heterocycles. The number of hydrogen-bond acceptors (Lipinski definition) is 4. The summed E-state index contributed by atoms with van der Waals surface area (Å²) >= 11 is 0. The average molecular weight is 264 g/mol. The normalized spacial score (nSPS) is 14.9. The van der Waals surface area contributed by atoms with E-state index in [1.165, 1.54) is 5.56 Å². The van der Waals surface area contributed by atoms with E-state index in [4.69, 9.17) is 5.73 Å². The third kappa shape index (κ3) is 5.27. The number of rotatable bonds is 8. The Balaban J connectivity index is 2.86. The molecule has 1 heterocycles. The lowest BCUT2D eigenvalue weighted by atomic mass is 10.0. The molecule has 1 aromatic heterocycles. The maximum absolute atomic E-state index is 6.22. The average Bonchev–Trinajstić information content (AvgIpc) is 2.37. The highest BCUT2D eigenvalue weighted by Crippen LogP contribution is 2.22.